The van der Waals surface area contributed by atoms with E-state index < -0.39 is 0 Å². The van der Waals surface area contributed by atoms with Crippen LogP contribution in [0.5, 0.6) is 0 Å². The molecule has 0 aliphatic rings. The van der Waals surface area contributed by atoms with E-state index in [4.69, 9.17) is 4.99 Å². The van der Waals surface area contributed by atoms with Gasteiger partial charge in [0.1, 0.15) is 0 Å². The Hall–Kier alpha value is -10.2. The zero-order valence-electron chi connectivity index (χ0n) is 55.7. The van der Waals surface area contributed by atoms with Crippen LogP contribution in [0.4, 0.5) is 5.69 Å². The number of benzene rings is 13. The van der Waals surface area contributed by atoms with Gasteiger partial charge >= 0.3 is 0 Å². The van der Waals surface area contributed by atoms with E-state index in [1.165, 1.54) is 123 Å². The Balaban J connectivity index is 0.000000318. The zero-order valence-corrected chi connectivity index (χ0v) is 55.7. The molecular formula is C91H89N. The number of hydrogen-bond donors (Lipinski definition) is 0. The first-order valence-corrected chi connectivity index (χ1v) is 32.8. The van der Waals surface area contributed by atoms with Crippen LogP contribution < -0.4 is 0 Å². The third-order valence-electron chi connectivity index (χ3n) is 16.9. The quantitative estimate of drug-likeness (QED) is 0.0854. The van der Waals surface area contributed by atoms with E-state index >= 15 is 0 Å². The van der Waals surface area contributed by atoms with Gasteiger partial charge in [0.2, 0.25) is 0 Å². The lowest BCUT2D eigenvalue weighted by atomic mass is 9.81. The maximum absolute atomic E-state index is 5.27. The van der Waals surface area contributed by atoms with Crippen LogP contribution in [0, 0.1) is 33.6 Å². The second kappa shape index (κ2) is 33.0. The molecule has 92 heavy (non-hydrogen) atoms. The largest absolute Gasteiger partial charge is 0.252 e. The third kappa shape index (κ3) is 16.8. The third-order valence-corrected chi connectivity index (χ3v) is 16.9. The first kappa shape index (κ1) is 66.2. The van der Waals surface area contributed by atoms with Crippen molar-refractivity contribution < 1.29 is 0 Å². The number of fused-ring (bicyclic) bond motifs is 2. The Morgan fingerprint density at radius 3 is 1.08 bits per heavy atom. The summed E-state index contributed by atoms with van der Waals surface area (Å²) in [5, 5.41) is 4.85. The molecule has 0 saturated carbocycles. The smallest absolute Gasteiger partial charge is 0.0662 e. The van der Waals surface area contributed by atoms with Crippen molar-refractivity contribution in [3.05, 3.63) is 349 Å². The second-order valence-electron chi connectivity index (χ2n) is 23.9. The first-order chi connectivity index (χ1) is 44.9. The average Bonchev–Trinajstić information content (AvgIpc) is 0.722. The number of aliphatic imine (C=N–C) groups is 1. The summed E-state index contributed by atoms with van der Waals surface area (Å²) in [6.07, 6.45) is 3.41. The molecule has 1 atom stereocenters. The highest BCUT2D eigenvalue weighted by atomic mass is 14.8. The van der Waals surface area contributed by atoms with Crippen LogP contribution in [0.1, 0.15) is 93.3 Å². The Labute approximate surface area is 550 Å². The Morgan fingerprint density at radius 1 is 0.348 bits per heavy atom. The zero-order chi connectivity index (χ0) is 64.8. The summed E-state index contributed by atoms with van der Waals surface area (Å²) in [7, 11) is 0. The maximum atomic E-state index is 5.27. The van der Waals surface area contributed by atoms with E-state index in [1.54, 1.807) is 0 Å². The van der Waals surface area contributed by atoms with Crippen LogP contribution in [0.2, 0.25) is 0 Å². The van der Waals surface area contributed by atoms with Gasteiger partial charge in [-0.05, 0) is 188 Å². The van der Waals surface area contributed by atoms with E-state index in [0.717, 1.165) is 40.9 Å². The monoisotopic (exact) mass is 1200 g/mol. The molecule has 0 N–H and O–H groups in total. The fourth-order valence-corrected chi connectivity index (χ4v) is 11.6. The summed E-state index contributed by atoms with van der Waals surface area (Å²) in [6.45, 7) is 25.7. The lowest BCUT2D eigenvalue weighted by molar-refractivity contribution is 0.740. The highest BCUT2D eigenvalue weighted by molar-refractivity contribution is 6.24. The molecule has 0 heterocycles. The second-order valence-corrected chi connectivity index (χ2v) is 23.9. The van der Waals surface area contributed by atoms with E-state index in [-0.39, 0.29) is 0 Å². The molecule has 0 aromatic heterocycles. The maximum Gasteiger partial charge on any atom is 0.0662 e. The predicted molar refractivity (Wildman–Crippen MR) is 404 cm³/mol. The van der Waals surface area contributed by atoms with Crippen molar-refractivity contribution in [1.82, 2.24) is 0 Å². The van der Waals surface area contributed by atoms with Gasteiger partial charge in [-0.3, -0.25) is 4.99 Å². The number of nitrogens with zero attached hydrogens (tertiary/aromatic N) is 1. The number of allylic oxidation sites excluding steroid dienone is 1. The summed E-state index contributed by atoms with van der Waals surface area (Å²) in [4.78, 5) is 5.27. The first-order valence-electron chi connectivity index (χ1n) is 32.8. The molecule has 0 aliphatic heterocycles. The highest BCUT2D eigenvalue weighted by Gasteiger charge is 2.23. The van der Waals surface area contributed by atoms with Crippen molar-refractivity contribution >= 4 is 38.5 Å². The predicted octanol–water partition coefficient (Wildman–Crippen LogP) is 26.5. The van der Waals surface area contributed by atoms with Gasteiger partial charge in [-0.1, -0.05) is 349 Å². The Morgan fingerprint density at radius 2 is 0.707 bits per heavy atom. The number of para-hydroxylation sites is 1. The van der Waals surface area contributed by atoms with Gasteiger partial charge in [0.25, 0.3) is 0 Å². The summed E-state index contributed by atoms with van der Waals surface area (Å²) in [5.74, 6) is 0.310. The summed E-state index contributed by atoms with van der Waals surface area (Å²) >= 11 is 0. The molecule has 458 valence electrons. The van der Waals surface area contributed by atoms with Crippen molar-refractivity contribution in [2.75, 3.05) is 0 Å². The van der Waals surface area contributed by atoms with E-state index in [2.05, 4.69) is 343 Å². The molecule has 0 amide bonds. The number of rotatable bonds is 12. The molecule has 13 aromatic carbocycles. The number of aryl methyl sites for hydroxylation is 5. The van der Waals surface area contributed by atoms with E-state index in [0.29, 0.717) is 5.92 Å². The molecule has 0 aliphatic carbocycles. The molecule has 1 nitrogen and oxygen atoms in total. The van der Waals surface area contributed by atoms with E-state index in [1.807, 2.05) is 36.4 Å². The minimum absolute atomic E-state index is 0.310. The van der Waals surface area contributed by atoms with Gasteiger partial charge in [0.05, 0.1) is 11.4 Å². The summed E-state index contributed by atoms with van der Waals surface area (Å²) < 4.78 is 0. The topological polar surface area (TPSA) is 12.4 Å². The molecule has 0 fully saturated rings. The van der Waals surface area contributed by atoms with Crippen LogP contribution >= 0.6 is 0 Å². The molecular weight excluding hydrogens is 1110 g/mol. The molecule has 0 bridgehead atoms. The normalized spacial score (nSPS) is 11.1. The fraction of sp³-hybridized carbons (Fsp3) is 0.154. The van der Waals surface area contributed by atoms with Gasteiger partial charge in [-0.15, -0.1) is 0 Å². The Kier molecular flexibility index (Phi) is 23.8. The van der Waals surface area contributed by atoms with Crippen molar-refractivity contribution in [2.24, 2.45) is 10.9 Å². The lowest BCUT2D eigenvalue weighted by Gasteiger charge is -2.22. The van der Waals surface area contributed by atoms with Gasteiger partial charge in [0.15, 0.2) is 0 Å². The van der Waals surface area contributed by atoms with Crippen molar-refractivity contribution in [3.63, 3.8) is 0 Å². The molecule has 13 rings (SSSR count). The van der Waals surface area contributed by atoms with E-state index in [9.17, 15) is 0 Å². The standard InChI is InChI=1S/C65H53N.C9H12.2C7H8.C3H8/c1-6-44(4)65(66-62-28-18-13-19-45(62)5)51-35-33-48(34-36-51)53-38-40-59-61(42-53)64(57-27-17-15-25-55(57)50-22-11-8-12-23-50)58-39-37-52(47-31-29-46(30-32-47)43(2)3)41-60(58)63(59)56-26-16-14-24-54(56)49-20-9-7-10-21-49;1-3-9-7-5-4-6-8(9)2;2*1-7-5-3-2-4-6-7;1-3-2/h7-42,44H,2,6H2,1,3-5H3;4-7H,3H2,1-2H3;2*2-6H,1H3;3H2,1-2H3. The van der Waals surface area contributed by atoms with Crippen LogP contribution in [0.25, 0.3) is 93.9 Å². The summed E-state index contributed by atoms with van der Waals surface area (Å²) in [5.41, 5.74) is 26.6. The molecule has 13 aromatic rings. The van der Waals surface area contributed by atoms with Gasteiger partial charge in [-0.25, -0.2) is 0 Å². The van der Waals surface area contributed by atoms with Crippen LogP contribution in [0.15, 0.2) is 315 Å². The lowest BCUT2D eigenvalue weighted by Crippen LogP contribution is -2.11. The van der Waals surface area contributed by atoms with Gasteiger partial charge < -0.3 is 0 Å². The van der Waals surface area contributed by atoms with Crippen LogP contribution in [-0.4, -0.2) is 5.71 Å². The van der Waals surface area contributed by atoms with Gasteiger partial charge in [0, 0.05) is 0 Å². The van der Waals surface area contributed by atoms with Crippen molar-refractivity contribution in [1.29, 1.82) is 0 Å². The number of hydrogen-bond acceptors (Lipinski definition) is 1. The molecule has 0 radical (unpaired) electrons. The molecule has 0 saturated heterocycles. The highest BCUT2D eigenvalue weighted by Crippen LogP contribution is 2.49. The minimum atomic E-state index is 0.310. The van der Waals surface area contributed by atoms with Crippen molar-refractivity contribution in [2.45, 2.75) is 88.5 Å². The Bertz CT molecular complexity index is 4460. The average molecular weight is 1200 g/mol. The molecule has 1 heteroatoms. The summed E-state index contributed by atoms with van der Waals surface area (Å²) in [6, 6.07) is 109. The SMILES string of the molecule is C=C(C)c1ccc(-c2ccc3c(-c4ccccc4-c4ccccc4)c4cc(-c5ccc(C(=Nc6ccccc6C)C(C)CC)cc5)ccc4c(-c4ccccc4-c4ccccc4)c3c2)cc1.CCC.CCc1ccccc1C.Cc1ccccc1.Cc1ccccc1. The van der Waals surface area contributed by atoms with Crippen LogP contribution in [0.3, 0.4) is 0 Å². The van der Waals surface area contributed by atoms with Crippen molar-refractivity contribution in [3.8, 4) is 66.8 Å². The fourth-order valence-electron chi connectivity index (χ4n) is 11.6. The van der Waals surface area contributed by atoms with Crippen LogP contribution in [-0.2, 0) is 6.42 Å². The molecule has 1 unspecified atom stereocenters. The minimum Gasteiger partial charge on any atom is -0.252 e. The molecule has 0 spiro atoms. The van der Waals surface area contributed by atoms with Gasteiger partial charge in [-0.2, -0.15) is 0 Å².